The molecule has 1 atom stereocenters. The Kier molecular flexibility index (Phi) is 8.79. The SMILES string of the molecule is COCCOCCOCCOCC(N)(C(=O)OC)C1CC1. The van der Waals surface area contributed by atoms with E-state index in [0.29, 0.717) is 39.6 Å². The van der Waals surface area contributed by atoms with E-state index < -0.39 is 11.5 Å². The van der Waals surface area contributed by atoms with Crippen molar-refractivity contribution in [1.29, 1.82) is 0 Å². The van der Waals surface area contributed by atoms with Crippen LogP contribution in [-0.4, -0.2) is 72.0 Å². The summed E-state index contributed by atoms with van der Waals surface area (Å²) in [6.07, 6.45) is 1.90. The summed E-state index contributed by atoms with van der Waals surface area (Å²) in [6, 6.07) is 0. The van der Waals surface area contributed by atoms with Gasteiger partial charge >= 0.3 is 5.97 Å². The van der Waals surface area contributed by atoms with Crippen molar-refractivity contribution in [3.63, 3.8) is 0 Å². The summed E-state index contributed by atoms with van der Waals surface area (Å²) in [7, 11) is 2.98. The van der Waals surface area contributed by atoms with Gasteiger partial charge < -0.3 is 29.4 Å². The maximum atomic E-state index is 11.7. The second-order valence-electron chi connectivity index (χ2n) is 5.08. The van der Waals surface area contributed by atoms with Gasteiger partial charge in [-0.15, -0.1) is 0 Å². The summed E-state index contributed by atoms with van der Waals surface area (Å²) in [5, 5.41) is 0. The molecule has 2 N–H and O–H groups in total. The zero-order valence-electron chi connectivity index (χ0n) is 13.0. The van der Waals surface area contributed by atoms with Crippen LogP contribution in [0.25, 0.3) is 0 Å². The first-order valence-electron chi connectivity index (χ1n) is 7.24. The Bertz CT molecular complexity index is 297. The van der Waals surface area contributed by atoms with Crippen molar-refractivity contribution in [3.05, 3.63) is 0 Å². The number of esters is 1. The van der Waals surface area contributed by atoms with E-state index in [2.05, 4.69) is 0 Å². The normalized spacial score (nSPS) is 17.5. The lowest BCUT2D eigenvalue weighted by Gasteiger charge is -2.26. The van der Waals surface area contributed by atoms with Crippen LogP contribution in [0.2, 0.25) is 0 Å². The van der Waals surface area contributed by atoms with Gasteiger partial charge in [0.2, 0.25) is 0 Å². The van der Waals surface area contributed by atoms with E-state index >= 15 is 0 Å². The van der Waals surface area contributed by atoms with Crippen LogP contribution >= 0.6 is 0 Å². The molecule has 1 saturated carbocycles. The van der Waals surface area contributed by atoms with Gasteiger partial charge in [0.15, 0.2) is 0 Å². The zero-order valence-corrected chi connectivity index (χ0v) is 13.0. The summed E-state index contributed by atoms with van der Waals surface area (Å²) in [5.41, 5.74) is 5.08. The van der Waals surface area contributed by atoms with Crippen LogP contribution in [0, 0.1) is 5.92 Å². The molecule has 7 nitrogen and oxygen atoms in total. The second-order valence-corrected chi connectivity index (χ2v) is 5.08. The minimum Gasteiger partial charge on any atom is -0.468 e. The minimum atomic E-state index is -1.02. The van der Waals surface area contributed by atoms with Crippen LogP contribution in [0.4, 0.5) is 0 Å². The van der Waals surface area contributed by atoms with E-state index in [1.807, 2.05) is 0 Å². The Morgan fingerprint density at radius 2 is 1.52 bits per heavy atom. The first-order chi connectivity index (χ1) is 10.1. The van der Waals surface area contributed by atoms with Crippen LogP contribution < -0.4 is 5.73 Å². The van der Waals surface area contributed by atoms with Gasteiger partial charge in [-0.2, -0.15) is 0 Å². The third-order valence-electron chi connectivity index (χ3n) is 3.39. The molecule has 0 bridgehead atoms. The average Bonchev–Trinajstić information content (AvgIpc) is 3.33. The van der Waals surface area contributed by atoms with Crippen molar-refractivity contribution in [2.45, 2.75) is 18.4 Å². The van der Waals surface area contributed by atoms with Crippen LogP contribution in [-0.2, 0) is 28.5 Å². The molecule has 0 spiro atoms. The highest BCUT2D eigenvalue weighted by atomic mass is 16.6. The minimum absolute atomic E-state index is 0.165. The van der Waals surface area contributed by atoms with E-state index in [-0.39, 0.29) is 12.5 Å². The molecule has 7 heteroatoms. The van der Waals surface area contributed by atoms with Crippen LogP contribution in [0.1, 0.15) is 12.8 Å². The number of nitrogens with two attached hydrogens (primary N) is 1. The maximum absolute atomic E-state index is 11.7. The molecule has 124 valence electrons. The Balaban J connectivity index is 2.01. The van der Waals surface area contributed by atoms with Crippen molar-refractivity contribution < 1.29 is 28.5 Å². The average molecular weight is 305 g/mol. The molecule has 0 amide bonds. The van der Waals surface area contributed by atoms with Gasteiger partial charge in [0.05, 0.1) is 53.4 Å². The summed E-state index contributed by atoms with van der Waals surface area (Å²) in [6.45, 7) is 3.16. The number of carbonyl (C=O) groups excluding carboxylic acids is 1. The number of methoxy groups -OCH3 is 2. The van der Waals surface area contributed by atoms with Gasteiger partial charge in [-0.1, -0.05) is 0 Å². The van der Waals surface area contributed by atoms with Crippen molar-refractivity contribution in [2.24, 2.45) is 11.7 Å². The van der Waals surface area contributed by atoms with Crippen molar-refractivity contribution in [1.82, 2.24) is 0 Å². The van der Waals surface area contributed by atoms with E-state index in [1.165, 1.54) is 7.11 Å². The summed E-state index contributed by atoms with van der Waals surface area (Å²) < 4.78 is 25.7. The Morgan fingerprint density at radius 1 is 1.00 bits per heavy atom. The fraction of sp³-hybridized carbons (Fsp3) is 0.929. The smallest absolute Gasteiger partial charge is 0.328 e. The lowest BCUT2D eigenvalue weighted by atomic mass is 9.96. The summed E-state index contributed by atoms with van der Waals surface area (Å²) in [4.78, 5) is 11.7. The molecule has 1 rings (SSSR count). The highest BCUT2D eigenvalue weighted by Crippen LogP contribution is 2.39. The van der Waals surface area contributed by atoms with Crippen molar-refractivity contribution >= 4 is 5.97 Å². The van der Waals surface area contributed by atoms with Crippen molar-refractivity contribution in [2.75, 3.05) is 60.5 Å². The maximum Gasteiger partial charge on any atom is 0.328 e. The van der Waals surface area contributed by atoms with E-state index in [4.69, 9.17) is 29.4 Å². The fourth-order valence-corrected chi connectivity index (χ4v) is 1.96. The first kappa shape index (κ1) is 18.3. The third kappa shape index (κ3) is 6.71. The molecule has 0 aromatic heterocycles. The molecular formula is C14H27NO6. The standard InChI is InChI=1S/C14H27NO6/c1-17-5-6-19-7-8-20-9-10-21-11-14(15,12-3-4-12)13(16)18-2/h12H,3-11,15H2,1-2H3. The Hall–Kier alpha value is -0.730. The van der Waals surface area contributed by atoms with E-state index in [9.17, 15) is 4.79 Å². The molecule has 1 fully saturated rings. The van der Waals surface area contributed by atoms with Gasteiger partial charge in [0, 0.05) is 7.11 Å². The molecule has 0 aliphatic heterocycles. The molecule has 0 aromatic carbocycles. The quantitative estimate of drug-likeness (QED) is 0.377. The van der Waals surface area contributed by atoms with Crippen LogP contribution in [0.3, 0.4) is 0 Å². The number of ether oxygens (including phenoxy) is 5. The molecule has 21 heavy (non-hydrogen) atoms. The first-order valence-corrected chi connectivity index (χ1v) is 7.24. The number of hydrogen-bond acceptors (Lipinski definition) is 7. The molecule has 0 saturated heterocycles. The van der Waals surface area contributed by atoms with Gasteiger partial charge in [-0.05, 0) is 18.8 Å². The second kappa shape index (κ2) is 10.1. The zero-order chi connectivity index (χ0) is 15.6. The monoisotopic (exact) mass is 305 g/mol. The molecule has 0 radical (unpaired) electrons. The predicted octanol–water partition coefficient (Wildman–Crippen LogP) is -0.0369. The lowest BCUT2D eigenvalue weighted by Crippen LogP contribution is -2.54. The van der Waals surface area contributed by atoms with Gasteiger partial charge in [-0.3, -0.25) is 0 Å². The summed E-state index contributed by atoms with van der Waals surface area (Å²) >= 11 is 0. The van der Waals surface area contributed by atoms with Gasteiger partial charge in [-0.25, -0.2) is 4.79 Å². The topological polar surface area (TPSA) is 89.2 Å². The van der Waals surface area contributed by atoms with Gasteiger partial charge in [0.1, 0.15) is 5.54 Å². The van der Waals surface area contributed by atoms with Gasteiger partial charge in [0.25, 0.3) is 0 Å². The molecule has 1 aliphatic carbocycles. The number of rotatable bonds is 13. The van der Waals surface area contributed by atoms with Crippen LogP contribution in [0.15, 0.2) is 0 Å². The summed E-state index contributed by atoms with van der Waals surface area (Å²) in [5.74, 6) is -0.238. The lowest BCUT2D eigenvalue weighted by molar-refractivity contribution is -0.151. The van der Waals surface area contributed by atoms with Crippen LogP contribution in [0.5, 0.6) is 0 Å². The number of carbonyl (C=O) groups is 1. The predicted molar refractivity (Wildman–Crippen MR) is 76.0 cm³/mol. The molecule has 1 unspecified atom stereocenters. The number of hydrogen-bond donors (Lipinski definition) is 1. The molecule has 0 heterocycles. The third-order valence-corrected chi connectivity index (χ3v) is 3.39. The largest absolute Gasteiger partial charge is 0.468 e. The molecule has 1 aliphatic rings. The molecule has 0 aromatic rings. The highest BCUT2D eigenvalue weighted by Gasteiger charge is 2.49. The van der Waals surface area contributed by atoms with Crippen molar-refractivity contribution in [3.8, 4) is 0 Å². The van der Waals surface area contributed by atoms with E-state index in [0.717, 1.165) is 12.8 Å². The Labute approximate surface area is 126 Å². The highest BCUT2D eigenvalue weighted by molar-refractivity contribution is 5.81. The fourth-order valence-electron chi connectivity index (χ4n) is 1.96. The Morgan fingerprint density at radius 3 is 2.00 bits per heavy atom. The molecular weight excluding hydrogens is 278 g/mol. The van der Waals surface area contributed by atoms with E-state index in [1.54, 1.807) is 7.11 Å².